The zero-order chi connectivity index (χ0) is 13.8. The maximum absolute atomic E-state index is 11.5. The lowest BCUT2D eigenvalue weighted by molar-refractivity contribution is -0.124. The molecule has 0 aliphatic carbocycles. The monoisotopic (exact) mass is 251 g/mol. The van der Waals surface area contributed by atoms with Gasteiger partial charge in [-0.1, -0.05) is 6.08 Å². The number of benzene rings is 1. The first-order valence-corrected chi connectivity index (χ1v) is 5.47. The van der Waals surface area contributed by atoms with Gasteiger partial charge in [-0.15, -0.1) is 6.58 Å². The van der Waals surface area contributed by atoms with Gasteiger partial charge in [-0.3, -0.25) is 4.79 Å². The summed E-state index contributed by atoms with van der Waals surface area (Å²) in [6, 6.07) is 4.06. The quantitative estimate of drug-likeness (QED) is 0.465. The third-order valence-electron chi connectivity index (χ3n) is 2.50. The van der Waals surface area contributed by atoms with Gasteiger partial charge in [-0.25, -0.2) is 0 Å². The van der Waals surface area contributed by atoms with E-state index in [9.17, 15) is 20.1 Å². The zero-order valence-electron chi connectivity index (χ0n) is 10.2. The summed E-state index contributed by atoms with van der Waals surface area (Å²) in [6.07, 6.45) is 1.18. The molecule has 1 amide bonds. The molecule has 0 radical (unpaired) electrons. The molecule has 0 saturated heterocycles. The van der Waals surface area contributed by atoms with Crippen LogP contribution in [0.1, 0.15) is 18.9 Å². The predicted octanol–water partition coefficient (Wildman–Crippen LogP) is 1.04. The number of amides is 1. The largest absolute Gasteiger partial charge is 0.508 e. The molecule has 1 atom stereocenters. The number of rotatable bonds is 5. The first-order chi connectivity index (χ1) is 8.34. The van der Waals surface area contributed by atoms with Crippen LogP contribution in [0, 0.1) is 0 Å². The van der Waals surface area contributed by atoms with E-state index in [0.29, 0.717) is 5.56 Å². The van der Waals surface area contributed by atoms with Gasteiger partial charge in [-0.05, 0) is 25.1 Å². The Morgan fingerprint density at radius 1 is 1.50 bits per heavy atom. The topological polar surface area (TPSA) is 89.8 Å². The second-order valence-electron chi connectivity index (χ2n) is 4.33. The van der Waals surface area contributed by atoms with E-state index in [-0.39, 0.29) is 30.4 Å². The lowest BCUT2D eigenvalue weighted by Crippen LogP contribution is -2.32. The molecule has 0 aliphatic heterocycles. The molecule has 5 nitrogen and oxygen atoms in total. The molecule has 1 unspecified atom stereocenters. The summed E-state index contributed by atoms with van der Waals surface area (Å²) in [5.41, 5.74) is -0.855. The number of carbonyl (C=O) groups is 1. The molecule has 1 rings (SSSR count). The third-order valence-corrected chi connectivity index (χ3v) is 2.50. The lowest BCUT2D eigenvalue weighted by Gasteiger charge is -2.17. The molecular formula is C13H17NO4. The fraction of sp³-hybridized carbons (Fsp3) is 0.308. The summed E-state index contributed by atoms with van der Waals surface area (Å²) < 4.78 is 0. The van der Waals surface area contributed by atoms with E-state index < -0.39 is 5.60 Å². The van der Waals surface area contributed by atoms with Gasteiger partial charge in [0.05, 0.1) is 12.0 Å². The fourth-order valence-corrected chi connectivity index (χ4v) is 1.37. The maximum Gasteiger partial charge on any atom is 0.223 e. The second-order valence-corrected chi connectivity index (χ2v) is 4.33. The molecule has 98 valence electrons. The van der Waals surface area contributed by atoms with E-state index in [2.05, 4.69) is 11.9 Å². The van der Waals surface area contributed by atoms with E-state index in [4.69, 9.17) is 0 Å². The number of aromatic hydroxyl groups is 2. The Morgan fingerprint density at radius 2 is 2.17 bits per heavy atom. The van der Waals surface area contributed by atoms with E-state index in [1.54, 1.807) is 0 Å². The van der Waals surface area contributed by atoms with Crippen molar-refractivity contribution in [3.8, 4) is 11.5 Å². The molecule has 0 heterocycles. The molecule has 1 aromatic rings. The van der Waals surface area contributed by atoms with Crippen molar-refractivity contribution in [2.45, 2.75) is 25.5 Å². The molecule has 0 fully saturated rings. The maximum atomic E-state index is 11.5. The number of carbonyl (C=O) groups excluding carboxylic acids is 1. The van der Waals surface area contributed by atoms with Crippen LogP contribution in [0.15, 0.2) is 30.9 Å². The van der Waals surface area contributed by atoms with Crippen molar-refractivity contribution in [2.75, 3.05) is 0 Å². The minimum atomic E-state index is -1.26. The van der Waals surface area contributed by atoms with Gasteiger partial charge in [0.1, 0.15) is 11.5 Å². The lowest BCUT2D eigenvalue weighted by atomic mass is 10.0. The Labute approximate surface area is 105 Å². The molecule has 0 aliphatic rings. The highest BCUT2D eigenvalue weighted by Crippen LogP contribution is 2.21. The molecule has 0 aromatic heterocycles. The molecular weight excluding hydrogens is 234 g/mol. The van der Waals surface area contributed by atoms with Crippen LogP contribution in [0.25, 0.3) is 0 Å². The van der Waals surface area contributed by atoms with E-state index in [1.165, 1.54) is 31.2 Å². The standard InChI is InChI=1S/C13H17NO4/c1-3-13(2,18)7-12(17)14-8-9-6-10(15)4-5-11(9)16/h3-6,15-16,18H,1,7-8H2,2H3,(H,14,17). The van der Waals surface area contributed by atoms with E-state index in [0.717, 1.165) is 0 Å². The molecule has 0 spiro atoms. The predicted molar refractivity (Wildman–Crippen MR) is 67.1 cm³/mol. The van der Waals surface area contributed by atoms with E-state index in [1.807, 2.05) is 0 Å². The molecule has 0 saturated carbocycles. The molecule has 18 heavy (non-hydrogen) atoms. The normalized spacial score (nSPS) is 13.7. The summed E-state index contributed by atoms with van der Waals surface area (Å²) >= 11 is 0. The van der Waals surface area contributed by atoms with Crippen molar-refractivity contribution in [1.82, 2.24) is 5.32 Å². The highest BCUT2D eigenvalue weighted by molar-refractivity contribution is 5.77. The fourth-order valence-electron chi connectivity index (χ4n) is 1.37. The van der Waals surface area contributed by atoms with Crippen LogP contribution in [0.4, 0.5) is 0 Å². The summed E-state index contributed by atoms with van der Waals surface area (Å²) in [4.78, 5) is 11.5. The van der Waals surface area contributed by atoms with E-state index >= 15 is 0 Å². The number of phenolic OH excluding ortho intramolecular Hbond substituents is 2. The number of hydrogen-bond acceptors (Lipinski definition) is 4. The molecule has 0 bridgehead atoms. The van der Waals surface area contributed by atoms with Crippen molar-refractivity contribution < 1.29 is 20.1 Å². The Morgan fingerprint density at radius 3 is 2.78 bits per heavy atom. The minimum Gasteiger partial charge on any atom is -0.508 e. The van der Waals surface area contributed by atoms with Crippen molar-refractivity contribution in [3.05, 3.63) is 36.4 Å². The van der Waals surface area contributed by atoms with Gasteiger partial charge < -0.3 is 20.6 Å². The van der Waals surface area contributed by atoms with Crippen molar-refractivity contribution >= 4 is 5.91 Å². The number of nitrogens with one attached hydrogen (secondary N) is 1. The molecule has 4 N–H and O–H groups in total. The second kappa shape index (κ2) is 5.55. The summed E-state index contributed by atoms with van der Waals surface area (Å²) in [7, 11) is 0. The number of aliphatic hydroxyl groups is 1. The Kier molecular flexibility index (Phi) is 4.33. The van der Waals surface area contributed by atoms with Crippen molar-refractivity contribution in [2.24, 2.45) is 0 Å². The van der Waals surface area contributed by atoms with Crippen molar-refractivity contribution in [3.63, 3.8) is 0 Å². The summed E-state index contributed by atoms with van der Waals surface area (Å²) in [5, 5.41) is 30.9. The van der Waals surface area contributed by atoms with Gasteiger partial charge in [0, 0.05) is 12.1 Å². The van der Waals surface area contributed by atoms with Crippen LogP contribution in [-0.4, -0.2) is 26.8 Å². The Hall–Kier alpha value is -2.01. The smallest absolute Gasteiger partial charge is 0.223 e. The SMILES string of the molecule is C=CC(C)(O)CC(=O)NCc1cc(O)ccc1O. The minimum absolute atomic E-state index is 0.00939. The summed E-state index contributed by atoms with van der Waals surface area (Å²) in [6.45, 7) is 4.98. The van der Waals surface area contributed by atoms with Gasteiger partial charge >= 0.3 is 0 Å². The van der Waals surface area contributed by atoms with Gasteiger partial charge in [0.25, 0.3) is 0 Å². The first-order valence-electron chi connectivity index (χ1n) is 5.47. The first kappa shape index (κ1) is 14.1. The average molecular weight is 251 g/mol. The zero-order valence-corrected chi connectivity index (χ0v) is 10.2. The van der Waals surface area contributed by atoms with Gasteiger partial charge in [0.15, 0.2) is 0 Å². The highest BCUT2D eigenvalue weighted by Gasteiger charge is 2.20. The van der Waals surface area contributed by atoms with Crippen LogP contribution in [0.2, 0.25) is 0 Å². The average Bonchev–Trinajstić information content (AvgIpc) is 2.30. The van der Waals surface area contributed by atoms with Gasteiger partial charge in [-0.2, -0.15) is 0 Å². The van der Waals surface area contributed by atoms with Crippen molar-refractivity contribution in [1.29, 1.82) is 0 Å². The Balaban J connectivity index is 2.58. The number of phenols is 2. The van der Waals surface area contributed by atoms with Crippen LogP contribution in [0.3, 0.4) is 0 Å². The highest BCUT2D eigenvalue weighted by atomic mass is 16.3. The van der Waals surface area contributed by atoms with Crippen LogP contribution >= 0.6 is 0 Å². The third kappa shape index (κ3) is 4.10. The Bertz CT molecular complexity index is 454. The number of hydrogen-bond donors (Lipinski definition) is 4. The van der Waals surface area contributed by atoms with Crippen LogP contribution < -0.4 is 5.32 Å². The molecule has 1 aromatic carbocycles. The summed E-state index contributed by atoms with van der Waals surface area (Å²) in [5.74, 6) is -0.374. The molecule has 5 heteroatoms. The van der Waals surface area contributed by atoms with Gasteiger partial charge in [0.2, 0.25) is 5.91 Å². The van der Waals surface area contributed by atoms with Crippen LogP contribution in [0.5, 0.6) is 11.5 Å². The van der Waals surface area contributed by atoms with Crippen LogP contribution in [-0.2, 0) is 11.3 Å².